The van der Waals surface area contributed by atoms with Gasteiger partial charge in [-0.05, 0) is 38.5 Å². The van der Waals surface area contributed by atoms with E-state index in [0.29, 0.717) is 28.5 Å². The number of benzene rings is 2. The number of hydrogen-bond acceptors (Lipinski definition) is 6. The molecule has 0 bridgehead atoms. The number of aromatic amines is 1. The van der Waals surface area contributed by atoms with Gasteiger partial charge in [-0.15, -0.1) is 0 Å². The average molecular weight is 455 g/mol. The van der Waals surface area contributed by atoms with Crippen LogP contribution in [0, 0.1) is 6.92 Å². The van der Waals surface area contributed by atoms with Crippen molar-refractivity contribution >= 4 is 22.8 Å². The maximum absolute atomic E-state index is 13.2. The van der Waals surface area contributed by atoms with E-state index in [1.807, 2.05) is 31.2 Å². The number of ether oxygens (including phenoxy) is 4. The molecule has 1 aromatic heterocycles. The van der Waals surface area contributed by atoms with E-state index >= 15 is 0 Å². The molecule has 2 aromatic carbocycles. The lowest BCUT2D eigenvalue weighted by Gasteiger charge is -2.19. The van der Waals surface area contributed by atoms with Gasteiger partial charge >= 0.3 is 5.97 Å². The highest BCUT2D eigenvalue weighted by molar-refractivity contribution is 6.01. The Balaban J connectivity index is 1.93. The molecule has 2 N–H and O–H groups in total. The van der Waals surface area contributed by atoms with Gasteiger partial charge in [-0.25, -0.2) is 0 Å². The molecular weight excluding hydrogens is 424 g/mol. The zero-order chi connectivity index (χ0) is 24.1. The summed E-state index contributed by atoms with van der Waals surface area (Å²) in [5.74, 6) is 0.594. The Bertz CT molecular complexity index is 1130. The topological polar surface area (TPSA) is 98.9 Å². The van der Waals surface area contributed by atoms with E-state index in [-0.39, 0.29) is 24.4 Å². The van der Waals surface area contributed by atoms with Gasteiger partial charge in [0.05, 0.1) is 45.4 Å². The Morgan fingerprint density at radius 3 is 2.21 bits per heavy atom. The monoisotopic (exact) mass is 454 g/mol. The molecule has 176 valence electrons. The zero-order valence-corrected chi connectivity index (χ0v) is 19.8. The molecule has 1 amide bonds. The fraction of sp³-hybridized carbons (Fsp3) is 0.360. The van der Waals surface area contributed by atoms with Crippen LogP contribution < -0.4 is 19.5 Å². The number of aryl methyl sites for hydroxylation is 1. The Labute approximate surface area is 193 Å². The van der Waals surface area contributed by atoms with E-state index in [0.717, 1.165) is 16.5 Å². The lowest BCUT2D eigenvalue weighted by atomic mass is 10.0. The minimum Gasteiger partial charge on any atom is -0.493 e. The van der Waals surface area contributed by atoms with Crippen molar-refractivity contribution in [3.63, 3.8) is 0 Å². The first-order valence-electron chi connectivity index (χ1n) is 10.7. The number of carbonyl (C=O) groups excluding carboxylic acids is 2. The van der Waals surface area contributed by atoms with E-state index in [1.165, 1.54) is 21.3 Å². The molecule has 1 heterocycles. The molecule has 0 aliphatic carbocycles. The van der Waals surface area contributed by atoms with Crippen LogP contribution in [0.1, 0.15) is 47.9 Å². The third kappa shape index (κ3) is 5.39. The molecule has 0 saturated heterocycles. The standard InChI is InChI=1S/C25H30N2O6/c1-14(2)33-21(28)13-18(16-9-7-15(3)8-10-16)27-25(29)19-11-17-12-20(30-4)23(31-5)24(32-6)22(17)26-19/h7-12,14,18,26H,13H2,1-6H3,(H,27,29). The van der Waals surface area contributed by atoms with Crippen molar-refractivity contribution in [2.45, 2.75) is 39.3 Å². The van der Waals surface area contributed by atoms with Crippen LogP contribution in [0.5, 0.6) is 17.2 Å². The molecule has 0 saturated carbocycles. The van der Waals surface area contributed by atoms with Gasteiger partial charge in [0.15, 0.2) is 11.5 Å². The Kier molecular flexibility index (Phi) is 7.48. The molecule has 1 unspecified atom stereocenters. The molecule has 0 aliphatic rings. The lowest BCUT2D eigenvalue weighted by Crippen LogP contribution is -2.31. The second kappa shape index (κ2) is 10.3. The zero-order valence-electron chi connectivity index (χ0n) is 19.8. The quantitative estimate of drug-likeness (QED) is 0.468. The van der Waals surface area contributed by atoms with Crippen LogP contribution in [-0.2, 0) is 9.53 Å². The van der Waals surface area contributed by atoms with E-state index in [2.05, 4.69) is 10.3 Å². The first-order chi connectivity index (χ1) is 15.8. The van der Waals surface area contributed by atoms with Gasteiger partial charge in [0.1, 0.15) is 5.69 Å². The molecule has 3 aromatic rings. The molecule has 0 radical (unpaired) electrons. The third-order valence-corrected chi connectivity index (χ3v) is 5.19. The van der Waals surface area contributed by atoms with Crippen molar-refractivity contribution in [1.29, 1.82) is 0 Å². The summed E-state index contributed by atoms with van der Waals surface area (Å²) in [6, 6.07) is 10.6. The third-order valence-electron chi connectivity index (χ3n) is 5.19. The first-order valence-corrected chi connectivity index (χ1v) is 10.7. The van der Waals surface area contributed by atoms with Gasteiger partial charge in [0.25, 0.3) is 5.91 Å². The maximum atomic E-state index is 13.2. The second-order valence-electron chi connectivity index (χ2n) is 7.97. The summed E-state index contributed by atoms with van der Waals surface area (Å²) in [7, 11) is 4.57. The van der Waals surface area contributed by atoms with Crippen LogP contribution in [0.2, 0.25) is 0 Å². The highest BCUT2D eigenvalue weighted by Gasteiger charge is 2.24. The summed E-state index contributed by atoms with van der Waals surface area (Å²) in [5.41, 5.74) is 2.81. The largest absolute Gasteiger partial charge is 0.493 e. The molecule has 0 aliphatic heterocycles. The minimum absolute atomic E-state index is 0.0121. The molecule has 0 fully saturated rings. The molecule has 1 atom stereocenters. The van der Waals surface area contributed by atoms with Crippen LogP contribution >= 0.6 is 0 Å². The Morgan fingerprint density at radius 2 is 1.64 bits per heavy atom. The van der Waals surface area contributed by atoms with Gasteiger partial charge < -0.3 is 29.2 Å². The van der Waals surface area contributed by atoms with Gasteiger partial charge in [0.2, 0.25) is 5.75 Å². The number of fused-ring (bicyclic) bond motifs is 1. The summed E-state index contributed by atoms with van der Waals surface area (Å²) < 4.78 is 21.6. The smallest absolute Gasteiger partial charge is 0.308 e. The predicted molar refractivity (Wildman–Crippen MR) is 125 cm³/mol. The van der Waals surface area contributed by atoms with Crippen molar-refractivity contribution < 1.29 is 28.5 Å². The maximum Gasteiger partial charge on any atom is 0.308 e. The molecule has 33 heavy (non-hydrogen) atoms. The number of hydrogen-bond donors (Lipinski definition) is 2. The number of methoxy groups -OCH3 is 3. The van der Waals surface area contributed by atoms with E-state index < -0.39 is 6.04 Å². The van der Waals surface area contributed by atoms with Crippen LogP contribution in [0.4, 0.5) is 0 Å². The second-order valence-corrected chi connectivity index (χ2v) is 7.97. The Morgan fingerprint density at radius 1 is 0.970 bits per heavy atom. The average Bonchev–Trinajstić information content (AvgIpc) is 3.21. The van der Waals surface area contributed by atoms with Gasteiger partial charge in [-0.3, -0.25) is 9.59 Å². The van der Waals surface area contributed by atoms with Gasteiger partial charge in [-0.1, -0.05) is 29.8 Å². The summed E-state index contributed by atoms with van der Waals surface area (Å²) in [4.78, 5) is 28.6. The highest BCUT2D eigenvalue weighted by atomic mass is 16.5. The number of nitrogens with one attached hydrogen (secondary N) is 2. The number of amides is 1. The van der Waals surface area contributed by atoms with Crippen molar-refractivity contribution in [3.05, 3.63) is 53.2 Å². The van der Waals surface area contributed by atoms with Crippen LogP contribution in [0.25, 0.3) is 10.9 Å². The van der Waals surface area contributed by atoms with Crippen LogP contribution in [-0.4, -0.2) is 44.3 Å². The van der Waals surface area contributed by atoms with Gasteiger partial charge in [-0.2, -0.15) is 0 Å². The first kappa shape index (κ1) is 24.0. The number of aromatic nitrogens is 1. The fourth-order valence-electron chi connectivity index (χ4n) is 3.63. The molecule has 8 heteroatoms. The summed E-state index contributed by atoms with van der Waals surface area (Å²) in [5, 5.41) is 3.68. The van der Waals surface area contributed by atoms with E-state index in [9.17, 15) is 9.59 Å². The van der Waals surface area contributed by atoms with Crippen LogP contribution in [0.3, 0.4) is 0 Å². The van der Waals surface area contributed by atoms with Crippen LogP contribution in [0.15, 0.2) is 36.4 Å². The number of rotatable bonds is 9. The summed E-state index contributed by atoms with van der Waals surface area (Å²) >= 11 is 0. The minimum atomic E-state index is -0.554. The fourth-order valence-corrected chi connectivity index (χ4v) is 3.63. The Hall–Kier alpha value is -3.68. The van der Waals surface area contributed by atoms with Crippen molar-refractivity contribution in [2.75, 3.05) is 21.3 Å². The van der Waals surface area contributed by atoms with E-state index in [4.69, 9.17) is 18.9 Å². The van der Waals surface area contributed by atoms with Crippen molar-refractivity contribution in [2.24, 2.45) is 0 Å². The lowest BCUT2D eigenvalue weighted by molar-refractivity contribution is -0.147. The molecule has 0 spiro atoms. The summed E-state index contributed by atoms with van der Waals surface area (Å²) in [6.45, 7) is 5.56. The highest BCUT2D eigenvalue weighted by Crippen LogP contribution is 2.43. The number of esters is 1. The van der Waals surface area contributed by atoms with E-state index in [1.54, 1.807) is 26.0 Å². The molecule has 8 nitrogen and oxygen atoms in total. The molecular formula is C25H30N2O6. The van der Waals surface area contributed by atoms with Gasteiger partial charge in [0, 0.05) is 5.39 Å². The number of carbonyl (C=O) groups is 2. The SMILES string of the molecule is COc1cc2cc(C(=O)NC(CC(=O)OC(C)C)c3ccc(C)cc3)[nH]c2c(OC)c1OC. The normalized spacial score (nSPS) is 11.8. The predicted octanol–water partition coefficient (Wildman–Crippen LogP) is 4.31. The van der Waals surface area contributed by atoms with Crippen molar-refractivity contribution in [1.82, 2.24) is 10.3 Å². The number of H-pyrrole nitrogens is 1. The van der Waals surface area contributed by atoms with Crippen molar-refractivity contribution in [3.8, 4) is 17.2 Å². The molecule has 3 rings (SSSR count). The summed E-state index contributed by atoms with van der Waals surface area (Å²) in [6.07, 6.45) is -0.226.